The van der Waals surface area contributed by atoms with E-state index >= 15 is 0 Å². The monoisotopic (exact) mass is 312 g/mol. The molecule has 0 amide bonds. The summed E-state index contributed by atoms with van der Waals surface area (Å²) in [6.07, 6.45) is 0.647. The first-order valence-electron chi connectivity index (χ1n) is 6.63. The lowest BCUT2D eigenvalue weighted by molar-refractivity contribution is 0.509. The van der Waals surface area contributed by atoms with Crippen LogP contribution in [0.25, 0.3) is 0 Å². The molecule has 0 saturated carbocycles. The maximum Gasteiger partial charge on any atom is 0.129 e. The largest absolute Gasteiger partial charge is 0.310 e. The van der Waals surface area contributed by atoms with Crippen LogP contribution in [0.2, 0.25) is 5.02 Å². The first-order chi connectivity index (χ1) is 9.52. The molecule has 20 heavy (non-hydrogen) atoms. The van der Waals surface area contributed by atoms with E-state index in [0.29, 0.717) is 17.0 Å². The van der Waals surface area contributed by atoms with Crippen molar-refractivity contribution in [3.8, 4) is 0 Å². The van der Waals surface area contributed by atoms with Crippen molar-refractivity contribution in [1.29, 1.82) is 0 Å². The molecule has 0 radical (unpaired) electrons. The van der Waals surface area contributed by atoms with Gasteiger partial charge in [0.05, 0.1) is 10.7 Å². The zero-order valence-corrected chi connectivity index (χ0v) is 13.4. The second-order valence-electron chi connectivity index (χ2n) is 4.70. The van der Waals surface area contributed by atoms with E-state index in [1.54, 1.807) is 23.5 Å². The van der Waals surface area contributed by atoms with E-state index in [1.807, 2.05) is 13.8 Å². The number of benzene rings is 1. The van der Waals surface area contributed by atoms with Crippen LogP contribution in [0.15, 0.2) is 18.2 Å². The van der Waals surface area contributed by atoms with Crippen molar-refractivity contribution in [1.82, 2.24) is 10.3 Å². The Kier molecular flexibility index (Phi) is 5.13. The molecule has 1 atom stereocenters. The summed E-state index contributed by atoms with van der Waals surface area (Å²) < 4.78 is 14.1. The highest BCUT2D eigenvalue weighted by Crippen LogP contribution is 2.30. The van der Waals surface area contributed by atoms with Crippen LogP contribution in [-0.4, -0.2) is 11.5 Å². The van der Waals surface area contributed by atoms with Crippen LogP contribution in [0.1, 0.15) is 34.1 Å². The van der Waals surface area contributed by atoms with Gasteiger partial charge in [0.2, 0.25) is 0 Å². The third-order valence-corrected chi connectivity index (χ3v) is 4.68. The number of thiazole rings is 1. The topological polar surface area (TPSA) is 24.9 Å². The van der Waals surface area contributed by atoms with Crippen molar-refractivity contribution >= 4 is 22.9 Å². The van der Waals surface area contributed by atoms with E-state index in [-0.39, 0.29) is 11.9 Å². The Morgan fingerprint density at radius 3 is 2.70 bits per heavy atom. The van der Waals surface area contributed by atoms with Gasteiger partial charge in [0.1, 0.15) is 5.82 Å². The number of aromatic nitrogens is 1. The summed E-state index contributed by atoms with van der Waals surface area (Å²) in [7, 11) is 0. The Morgan fingerprint density at radius 2 is 2.15 bits per heavy atom. The number of hydrogen-bond donors (Lipinski definition) is 1. The average Bonchev–Trinajstić information content (AvgIpc) is 2.68. The molecule has 1 unspecified atom stereocenters. The van der Waals surface area contributed by atoms with Crippen LogP contribution in [0.3, 0.4) is 0 Å². The fourth-order valence-electron chi connectivity index (χ4n) is 2.17. The molecule has 0 saturated heterocycles. The van der Waals surface area contributed by atoms with Gasteiger partial charge in [-0.3, -0.25) is 0 Å². The minimum atomic E-state index is -0.270. The molecule has 0 fully saturated rings. The lowest BCUT2D eigenvalue weighted by Gasteiger charge is -2.19. The van der Waals surface area contributed by atoms with Crippen LogP contribution in [0, 0.1) is 19.7 Å². The first kappa shape index (κ1) is 15.4. The SMILES string of the molecule is CCNC(Cc1nc(C)c(C)s1)c1c(F)cccc1Cl. The number of likely N-dealkylation sites (N-methyl/N-ethyl adjacent to an activating group) is 1. The normalized spacial score (nSPS) is 12.7. The number of halogens is 2. The molecule has 2 aromatic rings. The first-order valence-corrected chi connectivity index (χ1v) is 7.82. The lowest BCUT2D eigenvalue weighted by atomic mass is 10.0. The molecule has 2 rings (SSSR count). The maximum absolute atomic E-state index is 14.1. The number of hydrogen-bond acceptors (Lipinski definition) is 3. The maximum atomic E-state index is 14.1. The molecule has 1 aromatic carbocycles. The Hall–Kier alpha value is -0.970. The van der Waals surface area contributed by atoms with Crippen molar-refractivity contribution in [2.75, 3.05) is 6.54 Å². The number of aryl methyl sites for hydroxylation is 2. The van der Waals surface area contributed by atoms with Gasteiger partial charge in [0.15, 0.2) is 0 Å². The van der Waals surface area contributed by atoms with Crippen LogP contribution < -0.4 is 5.32 Å². The highest BCUT2D eigenvalue weighted by Gasteiger charge is 2.20. The third kappa shape index (κ3) is 3.37. The summed E-state index contributed by atoms with van der Waals surface area (Å²) in [4.78, 5) is 5.73. The van der Waals surface area contributed by atoms with E-state index < -0.39 is 0 Å². The van der Waals surface area contributed by atoms with Gasteiger partial charge in [-0.25, -0.2) is 9.37 Å². The molecule has 0 aliphatic rings. The quantitative estimate of drug-likeness (QED) is 0.882. The third-order valence-electron chi connectivity index (χ3n) is 3.25. The van der Waals surface area contributed by atoms with Crippen molar-refractivity contribution in [2.45, 2.75) is 33.2 Å². The summed E-state index contributed by atoms with van der Waals surface area (Å²) in [5.74, 6) is -0.270. The van der Waals surface area contributed by atoms with E-state index in [1.165, 1.54) is 10.9 Å². The second kappa shape index (κ2) is 6.66. The Balaban J connectivity index is 2.31. The number of nitrogens with one attached hydrogen (secondary N) is 1. The van der Waals surface area contributed by atoms with E-state index in [4.69, 9.17) is 11.6 Å². The predicted molar refractivity (Wildman–Crippen MR) is 83.1 cm³/mol. The molecule has 0 aliphatic heterocycles. The molecule has 1 aromatic heterocycles. The molecule has 0 aliphatic carbocycles. The molecule has 1 heterocycles. The molecule has 108 valence electrons. The number of nitrogens with zero attached hydrogens (tertiary/aromatic N) is 1. The smallest absolute Gasteiger partial charge is 0.129 e. The summed E-state index contributed by atoms with van der Waals surface area (Å²) >= 11 is 7.82. The van der Waals surface area contributed by atoms with Gasteiger partial charge in [0, 0.05) is 27.9 Å². The zero-order valence-electron chi connectivity index (χ0n) is 11.8. The van der Waals surface area contributed by atoms with E-state index in [0.717, 1.165) is 17.2 Å². The molecule has 0 bridgehead atoms. The molecule has 1 N–H and O–H groups in total. The summed E-state index contributed by atoms with van der Waals surface area (Å²) in [5.41, 5.74) is 1.57. The van der Waals surface area contributed by atoms with Crippen molar-refractivity contribution in [2.24, 2.45) is 0 Å². The summed E-state index contributed by atoms with van der Waals surface area (Å²) in [6.45, 7) is 6.79. The van der Waals surface area contributed by atoms with Crippen LogP contribution in [0.5, 0.6) is 0 Å². The fraction of sp³-hybridized carbons (Fsp3) is 0.400. The molecular formula is C15H18ClFN2S. The van der Waals surface area contributed by atoms with Gasteiger partial charge >= 0.3 is 0 Å². The highest BCUT2D eigenvalue weighted by molar-refractivity contribution is 7.11. The van der Waals surface area contributed by atoms with Crippen molar-refractivity contribution in [3.63, 3.8) is 0 Å². The van der Waals surface area contributed by atoms with E-state index in [9.17, 15) is 4.39 Å². The molecule has 0 spiro atoms. The van der Waals surface area contributed by atoms with Gasteiger partial charge in [0.25, 0.3) is 0 Å². The standard InChI is InChI=1S/C15H18ClFN2S/c1-4-18-13(8-14-19-9(2)10(3)20-14)15-11(16)6-5-7-12(15)17/h5-7,13,18H,4,8H2,1-3H3. The lowest BCUT2D eigenvalue weighted by Crippen LogP contribution is -2.24. The Morgan fingerprint density at radius 1 is 1.40 bits per heavy atom. The predicted octanol–water partition coefficient (Wildman–Crippen LogP) is 4.45. The van der Waals surface area contributed by atoms with Gasteiger partial charge in [-0.1, -0.05) is 24.6 Å². The zero-order chi connectivity index (χ0) is 14.7. The van der Waals surface area contributed by atoms with Crippen LogP contribution >= 0.6 is 22.9 Å². The summed E-state index contributed by atoms with van der Waals surface area (Å²) in [5, 5.41) is 4.76. The van der Waals surface area contributed by atoms with E-state index in [2.05, 4.69) is 17.2 Å². The molecule has 2 nitrogen and oxygen atoms in total. The van der Waals surface area contributed by atoms with Gasteiger partial charge < -0.3 is 5.32 Å². The second-order valence-corrected chi connectivity index (χ2v) is 6.39. The average molecular weight is 313 g/mol. The minimum Gasteiger partial charge on any atom is -0.310 e. The molecule has 5 heteroatoms. The Labute approximate surface area is 128 Å². The van der Waals surface area contributed by atoms with Crippen LogP contribution in [0.4, 0.5) is 4.39 Å². The van der Waals surface area contributed by atoms with Gasteiger partial charge in [-0.05, 0) is 32.5 Å². The fourth-order valence-corrected chi connectivity index (χ4v) is 3.44. The Bertz CT molecular complexity index is 558. The summed E-state index contributed by atoms with van der Waals surface area (Å²) in [6, 6.07) is 4.65. The van der Waals surface area contributed by atoms with Gasteiger partial charge in [-0.2, -0.15) is 0 Å². The number of rotatable bonds is 5. The van der Waals surface area contributed by atoms with Crippen molar-refractivity contribution in [3.05, 3.63) is 50.2 Å². The van der Waals surface area contributed by atoms with Crippen LogP contribution in [-0.2, 0) is 6.42 Å². The van der Waals surface area contributed by atoms with Gasteiger partial charge in [-0.15, -0.1) is 11.3 Å². The molecular weight excluding hydrogens is 295 g/mol. The highest BCUT2D eigenvalue weighted by atomic mass is 35.5. The minimum absolute atomic E-state index is 0.154. The van der Waals surface area contributed by atoms with Crippen molar-refractivity contribution < 1.29 is 4.39 Å².